The van der Waals surface area contributed by atoms with E-state index in [1.807, 2.05) is 0 Å². The number of nitrogens with zero attached hydrogens (tertiary/aromatic N) is 1. The van der Waals surface area contributed by atoms with Gasteiger partial charge in [-0.2, -0.15) is 0 Å². The van der Waals surface area contributed by atoms with Gasteiger partial charge in [0.15, 0.2) is 5.75 Å². The van der Waals surface area contributed by atoms with Crippen LogP contribution < -0.4 is 4.74 Å². The number of benzene rings is 1. The summed E-state index contributed by atoms with van der Waals surface area (Å²) in [6.07, 6.45) is 4.54. The molecule has 0 radical (unpaired) electrons. The fourth-order valence-corrected chi connectivity index (χ4v) is 2.24. The number of phenolic OH excluding ortho intramolecular Hbond substituents is 1. The Morgan fingerprint density at radius 1 is 1.08 bits per heavy atom. The van der Waals surface area contributed by atoms with Crippen molar-refractivity contribution in [1.82, 2.24) is 0 Å². The van der Waals surface area contributed by atoms with Crippen LogP contribution >= 0.6 is 46.4 Å². The van der Waals surface area contributed by atoms with Crippen LogP contribution in [0, 0.1) is 0 Å². The zero-order chi connectivity index (χ0) is 17.8. The maximum absolute atomic E-state index is 9.33. The quantitative estimate of drug-likeness (QED) is 0.306. The summed E-state index contributed by atoms with van der Waals surface area (Å²) in [5.74, 6) is 0.366. The molecule has 9 heteroatoms. The Hall–Kier alpha value is -0.850. The largest absolute Gasteiger partial charge is 0.508 e. The van der Waals surface area contributed by atoms with Crippen molar-refractivity contribution in [2.75, 3.05) is 26.4 Å². The summed E-state index contributed by atoms with van der Waals surface area (Å²) in [6, 6.07) is 2.76. The third-order valence-corrected chi connectivity index (χ3v) is 3.44. The second kappa shape index (κ2) is 12.5. The molecule has 0 saturated carbocycles. The van der Waals surface area contributed by atoms with Crippen LogP contribution in [0.2, 0.25) is 10.0 Å². The summed E-state index contributed by atoms with van der Waals surface area (Å²) in [4.78, 5) is 4.85. The van der Waals surface area contributed by atoms with E-state index in [0.29, 0.717) is 25.6 Å². The lowest BCUT2D eigenvalue weighted by Crippen LogP contribution is -2.03. The number of rotatable bonds is 11. The van der Waals surface area contributed by atoms with Crippen LogP contribution in [0.1, 0.15) is 12.8 Å². The zero-order valence-corrected chi connectivity index (χ0v) is 15.7. The normalized spacial score (nSPS) is 10.8. The van der Waals surface area contributed by atoms with Crippen molar-refractivity contribution in [2.45, 2.75) is 12.8 Å². The Labute approximate surface area is 160 Å². The molecular weight excluding hydrogens is 400 g/mol. The minimum absolute atomic E-state index is 0.00169. The summed E-state index contributed by atoms with van der Waals surface area (Å²) < 4.78 is 11.0. The standard InChI is InChI=1S/C15H17Cl4NO4/c16-12-9-11(21)10-13(17)15(12)23-6-2-1-5-22-8-4-20-24-7-3-14(18)19/h3-4,9-10,21H,1-2,5-8H2. The van der Waals surface area contributed by atoms with Crippen LogP contribution in [0.4, 0.5) is 0 Å². The first-order valence-electron chi connectivity index (χ1n) is 7.04. The number of ether oxygens (including phenoxy) is 2. The highest BCUT2D eigenvalue weighted by Gasteiger charge is 2.09. The zero-order valence-electron chi connectivity index (χ0n) is 12.7. The topological polar surface area (TPSA) is 60.3 Å². The monoisotopic (exact) mass is 415 g/mol. The Bertz CT molecular complexity index is 539. The van der Waals surface area contributed by atoms with Crippen molar-refractivity contribution in [1.29, 1.82) is 0 Å². The van der Waals surface area contributed by atoms with Crippen molar-refractivity contribution in [2.24, 2.45) is 5.16 Å². The van der Waals surface area contributed by atoms with Crippen LogP contribution in [0.3, 0.4) is 0 Å². The van der Waals surface area contributed by atoms with E-state index in [1.54, 1.807) is 0 Å². The molecule has 0 aliphatic rings. The van der Waals surface area contributed by atoms with E-state index in [9.17, 15) is 5.11 Å². The second-order valence-corrected chi connectivity index (χ2v) is 6.27. The van der Waals surface area contributed by atoms with Crippen molar-refractivity contribution in [3.63, 3.8) is 0 Å². The predicted octanol–water partition coefficient (Wildman–Crippen LogP) is 5.20. The molecule has 134 valence electrons. The van der Waals surface area contributed by atoms with Gasteiger partial charge >= 0.3 is 0 Å². The summed E-state index contributed by atoms with van der Waals surface area (Å²) in [6.45, 7) is 1.55. The van der Waals surface area contributed by atoms with Gasteiger partial charge < -0.3 is 19.4 Å². The fourth-order valence-electron chi connectivity index (χ4n) is 1.53. The molecule has 0 bridgehead atoms. The van der Waals surface area contributed by atoms with E-state index in [2.05, 4.69) is 5.16 Å². The Balaban J connectivity index is 2.05. The number of aromatic hydroxyl groups is 1. The Morgan fingerprint density at radius 2 is 1.75 bits per heavy atom. The van der Waals surface area contributed by atoms with E-state index in [0.717, 1.165) is 12.8 Å². The van der Waals surface area contributed by atoms with Crippen molar-refractivity contribution in [3.8, 4) is 11.5 Å². The first-order valence-corrected chi connectivity index (χ1v) is 8.55. The number of unbranched alkanes of at least 4 members (excludes halogenated alkanes) is 1. The molecule has 1 aromatic carbocycles. The maximum Gasteiger partial charge on any atom is 0.156 e. The summed E-state index contributed by atoms with van der Waals surface area (Å²) in [5.41, 5.74) is 0. The minimum Gasteiger partial charge on any atom is -0.508 e. The average molecular weight is 417 g/mol. The van der Waals surface area contributed by atoms with E-state index in [4.69, 9.17) is 60.7 Å². The lowest BCUT2D eigenvalue weighted by Gasteiger charge is -2.10. The van der Waals surface area contributed by atoms with Crippen LogP contribution in [0.5, 0.6) is 11.5 Å². The van der Waals surface area contributed by atoms with Gasteiger partial charge in [0.05, 0.1) is 29.5 Å². The first-order chi connectivity index (χ1) is 11.5. The summed E-state index contributed by atoms with van der Waals surface area (Å²) in [5, 5.41) is 13.5. The summed E-state index contributed by atoms with van der Waals surface area (Å²) >= 11 is 22.7. The fraction of sp³-hybridized carbons (Fsp3) is 0.400. The molecule has 0 atom stereocenters. The molecule has 0 aliphatic carbocycles. The number of halogens is 4. The van der Waals surface area contributed by atoms with Gasteiger partial charge in [0.2, 0.25) is 0 Å². The van der Waals surface area contributed by atoms with Crippen LogP contribution in [0.25, 0.3) is 0 Å². The van der Waals surface area contributed by atoms with Gasteiger partial charge in [-0.3, -0.25) is 0 Å². The van der Waals surface area contributed by atoms with Gasteiger partial charge in [0, 0.05) is 18.7 Å². The molecular formula is C15H17Cl4NO4. The molecule has 0 saturated heterocycles. The molecule has 24 heavy (non-hydrogen) atoms. The van der Waals surface area contributed by atoms with Crippen molar-refractivity contribution < 1.29 is 19.4 Å². The third-order valence-electron chi connectivity index (χ3n) is 2.57. The van der Waals surface area contributed by atoms with Gasteiger partial charge in [-0.05, 0) is 18.9 Å². The van der Waals surface area contributed by atoms with Crippen molar-refractivity contribution in [3.05, 3.63) is 32.7 Å². The first kappa shape index (κ1) is 21.2. The molecule has 1 N–H and O–H groups in total. The van der Waals surface area contributed by atoms with Crippen LogP contribution in [-0.2, 0) is 9.57 Å². The maximum atomic E-state index is 9.33. The highest BCUT2D eigenvalue weighted by Crippen LogP contribution is 2.36. The average Bonchev–Trinajstić information content (AvgIpc) is 2.50. The van der Waals surface area contributed by atoms with Gasteiger partial charge in [0.1, 0.15) is 16.8 Å². The van der Waals surface area contributed by atoms with Gasteiger partial charge in [-0.1, -0.05) is 51.6 Å². The molecule has 1 aromatic rings. The van der Waals surface area contributed by atoms with E-state index in [1.165, 1.54) is 24.4 Å². The van der Waals surface area contributed by atoms with Crippen molar-refractivity contribution >= 4 is 52.6 Å². The molecule has 0 spiro atoms. The Morgan fingerprint density at radius 3 is 2.42 bits per heavy atom. The number of hydrogen-bond donors (Lipinski definition) is 1. The van der Waals surface area contributed by atoms with E-state index < -0.39 is 0 Å². The van der Waals surface area contributed by atoms with E-state index in [-0.39, 0.29) is 26.9 Å². The predicted molar refractivity (Wildman–Crippen MR) is 97.9 cm³/mol. The smallest absolute Gasteiger partial charge is 0.156 e. The molecule has 0 aliphatic heterocycles. The number of hydrogen-bond acceptors (Lipinski definition) is 5. The van der Waals surface area contributed by atoms with Gasteiger partial charge in [0.25, 0.3) is 0 Å². The molecule has 0 amide bonds. The van der Waals surface area contributed by atoms with E-state index >= 15 is 0 Å². The second-order valence-electron chi connectivity index (χ2n) is 4.45. The summed E-state index contributed by atoms with van der Waals surface area (Å²) in [7, 11) is 0. The molecule has 0 fully saturated rings. The van der Waals surface area contributed by atoms with Crippen LogP contribution in [-0.4, -0.2) is 37.7 Å². The third kappa shape index (κ3) is 9.45. The molecule has 0 aromatic heterocycles. The number of phenols is 1. The highest BCUT2D eigenvalue weighted by molar-refractivity contribution is 6.55. The lowest BCUT2D eigenvalue weighted by atomic mass is 10.3. The number of oxime groups is 1. The minimum atomic E-state index is -0.00169. The molecule has 1 rings (SSSR count). The Kier molecular flexibility index (Phi) is 11.0. The van der Waals surface area contributed by atoms with Gasteiger partial charge in [-0.25, -0.2) is 0 Å². The highest BCUT2D eigenvalue weighted by atomic mass is 35.5. The molecule has 0 unspecified atom stereocenters. The SMILES string of the molecule is Oc1cc(Cl)c(OCCCCOCC=NOCC=C(Cl)Cl)c(Cl)c1. The van der Waals surface area contributed by atoms with Gasteiger partial charge in [-0.15, -0.1) is 0 Å². The molecule has 5 nitrogen and oxygen atoms in total. The molecule has 0 heterocycles. The lowest BCUT2D eigenvalue weighted by molar-refractivity contribution is 0.150. The van der Waals surface area contributed by atoms with Crippen LogP contribution in [0.15, 0.2) is 27.9 Å².